The van der Waals surface area contributed by atoms with Gasteiger partial charge in [-0.3, -0.25) is 4.79 Å². The molecule has 5 nitrogen and oxygen atoms in total. The molecule has 1 aromatic carbocycles. The van der Waals surface area contributed by atoms with Gasteiger partial charge in [0.1, 0.15) is 17.0 Å². The first-order chi connectivity index (χ1) is 9.90. The summed E-state index contributed by atoms with van der Waals surface area (Å²) in [6.07, 6.45) is 0. The monoisotopic (exact) mass is 304 g/mol. The van der Waals surface area contributed by atoms with Crippen molar-refractivity contribution in [1.82, 2.24) is 9.78 Å². The van der Waals surface area contributed by atoms with Crippen LogP contribution in [0.2, 0.25) is 5.02 Å². The summed E-state index contributed by atoms with van der Waals surface area (Å²) in [6.45, 7) is 3.39. The van der Waals surface area contributed by atoms with E-state index in [9.17, 15) is 9.90 Å². The van der Waals surface area contributed by atoms with Gasteiger partial charge in [-0.1, -0.05) is 11.6 Å². The first-order valence-electron chi connectivity index (χ1n) is 6.36. The van der Waals surface area contributed by atoms with Gasteiger partial charge in [0, 0.05) is 23.0 Å². The SMILES string of the molecule is Cc1nn(C)c(=O)c(-c2c(C)oc3ccc(Cl)cc23)c1O. The average Bonchev–Trinajstić information content (AvgIpc) is 2.73. The number of aryl methyl sites for hydroxylation is 3. The van der Waals surface area contributed by atoms with Gasteiger partial charge >= 0.3 is 0 Å². The summed E-state index contributed by atoms with van der Waals surface area (Å²) in [5, 5.41) is 15.5. The Bertz CT molecular complexity index is 925. The standard InChI is InChI=1S/C15H13ClN2O3/c1-7-14(19)13(15(20)18(3)17-7)12-8(2)21-11-5-4-9(16)6-10(11)12/h4-6,19H,1-3H3. The molecule has 0 bridgehead atoms. The van der Waals surface area contributed by atoms with E-state index in [2.05, 4.69) is 5.10 Å². The number of benzene rings is 1. The molecule has 6 heteroatoms. The molecule has 0 aliphatic heterocycles. The molecule has 0 unspecified atom stereocenters. The molecule has 0 saturated carbocycles. The summed E-state index contributed by atoms with van der Waals surface area (Å²) in [5.74, 6) is 0.411. The quantitative estimate of drug-likeness (QED) is 0.750. The number of nitrogens with zero attached hydrogens (tertiary/aromatic N) is 2. The third kappa shape index (κ3) is 2.01. The van der Waals surface area contributed by atoms with E-state index >= 15 is 0 Å². The van der Waals surface area contributed by atoms with Crippen molar-refractivity contribution >= 4 is 22.6 Å². The highest BCUT2D eigenvalue weighted by molar-refractivity contribution is 6.31. The van der Waals surface area contributed by atoms with E-state index in [1.54, 1.807) is 39.1 Å². The van der Waals surface area contributed by atoms with E-state index in [1.807, 2.05) is 0 Å². The number of hydrogen-bond donors (Lipinski definition) is 1. The molecule has 0 saturated heterocycles. The molecule has 2 heterocycles. The summed E-state index contributed by atoms with van der Waals surface area (Å²) in [7, 11) is 1.54. The Morgan fingerprint density at radius 2 is 2.00 bits per heavy atom. The molecule has 0 amide bonds. The lowest BCUT2D eigenvalue weighted by molar-refractivity contribution is 0.460. The molecule has 3 aromatic rings. The molecule has 0 atom stereocenters. The number of hydrogen-bond acceptors (Lipinski definition) is 4. The second-order valence-electron chi connectivity index (χ2n) is 4.91. The largest absolute Gasteiger partial charge is 0.505 e. The lowest BCUT2D eigenvalue weighted by Crippen LogP contribution is -2.22. The van der Waals surface area contributed by atoms with Crippen LogP contribution in [0.25, 0.3) is 22.1 Å². The maximum atomic E-state index is 12.4. The average molecular weight is 305 g/mol. The van der Waals surface area contributed by atoms with Crippen LogP contribution in [-0.4, -0.2) is 14.9 Å². The molecule has 0 radical (unpaired) electrons. The van der Waals surface area contributed by atoms with E-state index in [0.29, 0.717) is 33.0 Å². The molecule has 0 fully saturated rings. The molecule has 3 rings (SSSR count). The minimum atomic E-state index is -0.385. The third-order valence-electron chi connectivity index (χ3n) is 3.46. The topological polar surface area (TPSA) is 68.3 Å². The number of fused-ring (bicyclic) bond motifs is 1. The van der Waals surface area contributed by atoms with Gasteiger partial charge in [0.25, 0.3) is 5.56 Å². The molecule has 0 spiro atoms. The van der Waals surface area contributed by atoms with Crippen LogP contribution >= 0.6 is 11.6 Å². The molecule has 1 N–H and O–H groups in total. The highest BCUT2D eigenvalue weighted by Crippen LogP contribution is 2.38. The van der Waals surface area contributed by atoms with Gasteiger partial charge in [-0.05, 0) is 32.0 Å². The summed E-state index contributed by atoms with van der Waals surface area (Å²) >= 11 is 6.03. The zero-order valence-electron chi connectivity index (χ0n) is 11.8. The van der Waals surface area contributed by atoms with Crippen LogP contribution in [0, 0.1) is 13.8 Å². The van der Waals surface area contributed by atoms with Gasteiger partial charge in [0.05, 0.1) is 5.56 Å². The van der Waals surface area contributed by atoms with Crippen LogP contribution in [0.1, 0.15) is 11.5 Å². The van der Waals surface area contributed by atoms with Crippen LogP contribution in [0.4, 0.5) is 0 Å². The van der Waals surface area contributed by atoms with Crippen molar-refractivity contribution in [2.24, 2.45) is 7.05 Å². The Balaban J connectivity index is 2.49. The number of furan rings is 1. The number of aromatic nitrogens is 2. The van der Waals surface area contributed by atoms with Crippen LogP contribution in [0.5, 0.6) is 5.75 Å². The second kappa shape index (κ2) is 4.63. The van der Waals surface area contributed by atoms with Crippen LogP contribution in [-0.2, 0) is 7.05 Å². The first kappa shape index (κ1) is 13.7. The minimum absolute atomic E-state index is 0.135. The van der Waals surface area contributed by atoms with Gasteiger partial charge < -0.3 is 9.52 Å². The van der Waals surface area contributed by atoms with E-state index in [-0.39, 0.29) is 16.9 Å². The fourth-order valence-corrected chi connectivity index (χ4v) is 2.66. The van der Waals surface area contributed by atoms with Gasteiger partial charge in [-0.25, -0.2) is 4.68 Å². The normalized spacial score (nSPS) is 11.2. The Kier molecular flexibility index (Phi) is 3.02. The van der Waals surface area contributed by atoms with Crippen LogP contribution < -0.4 is 5.56 Å². The maximum absolute atomic E-state index is 12.4. The smallest absolute Gasteiger partial charge is 0.278 e. The molecule has 0 aliphatic rings. The van der Waals surface area contributed by atoms with Crippen molar-refractivity contribution in [3.8, 4) is 16.9 Å². The van der Waals surface area contributed by atoms with E-state index in [0.717, 1.165) is 0 Å². The summed E-state index contributed by atoms with van der Waals surface area (Å²) in [4.78, 5) is 12.4. The lowest BCUT2D eigenvalue weighted by Gasteiger charge is -2.08. The van der Waals surface area contributed by atoms with E-state index in [1.165, 1.54) is 4.68 Å². The summed E-state index contributed by atoms with van der Waals surface area (Å²) < 4.78 is 6.86. The highest BCUT2D eigenvalue weighted by atomic mass is 35.5. The molecule has 21 heavy (non-hydrogen) atoms. The van der Waals surface area contributed by atoms with Crippen LogP contribution in [0.15, 0.2) is 27.4 Å². The number of halogens is 1. The van der Waals surface area contributed by atoms with Gasteiger partial charge in [-0.2, -0.15) is 5.10 Å². The Hall–Kier alpha value is -2.27. The van der Waals surface area contributed by atoms with Gasteiger partial charge in [-0.15, -0.1) is 0 Å². The predicted octanol–water partition coefficient (Wildman–Crippen LogP) is 3.17. The maximum Gasteiger partial charge on any atom is 0.278 e. The zero-order chi connectivity index (χ0) is 15.3. The van der Waals surface area contributed by atoms with E-state index in [4.69, 9.17) is 16.0 Å². The molecule has 108 valence electrons. The molecular weight excluding hydrogens is 292 g/mol. The molecule has 2 aromatic heterocycles. The van der Waals surface area contributed by atoms with Crippen molar-refractivity contribution in [3.05, 3.63) is 45.0 Å². The predicted molar refractivity (Wildman–Crippen MR) is 80.8 cm³/mol. The van der Waals surface area contributed by atoms with Gasteiger partial charge in [0.15, 0.2) is 5.75 Å². The van der Waals surface area contributed by atoms with Crippen molar-refractivity contribution < 1.29 is 9.52 Å². The van der Waals surface area contributed by atoms with Gasteiger partial charge in [0.2, 0.25) is 0 Å². The second-order valence-corrected chi connectivity index (χ2v) is 5.35. The highest BCUT2D eigenvalue weighted by Gasteiger charge is 2.22. The minimum Gasteiger partial charge on any atom is -0.505 e. The van der Waals surface area contributed by atoms with Crippen molar-refractivity contribution in [2.75, 3.05) is 0 Å². The van der Waals surface area contributed by atoms with Crippen molar-refractivity contribution in [2.45, 2.75) is 13.8 Å². The zero-order valence-corrected chi connectivity index (χ0v) is 12.5. The number of rotatable bonds is 1. The first-order valence-corrected chi connectivity index (χ1v) is 6.74. The fourth-order valence-electron chi connectivity index (χ4n) is 2.49. The Labute approximate surface area is 125 Å². The van der Waals surface area contributed by atoms with E-state index < -0.39 is 0 Å². The summed E-state index contributed by atoms with van der Waals surface area (Å²) in [6, 6.07) is 5.17. The Morgan fingerprint density at radius 1 is 1.29 bits per heavy atom. The summed E-state index contributed by atoms with van der Waals surface area (Å²) in [5.41, 5.74) is 1.34. The fraction of sp³-hybridized carbons (Fsp3) is 0.200. The molecular formula is C15H13ClN2O3. The Morgan fingerprint density at radius 3 is 2.71 bits per heavy atom. The molecule has 0 aliphatic carbocycles. The van der Waals surface area contributed by atoms with Crippen molar-refractivity contribution in [3.63, 3.8) is 0 Å². The van der Waals surface area contributed by atoms with Crippen molar-refractivity contribution in [1.29, 1.82) is 0 Å². The number of aromatic hydroxyl groups is 1. The third-order valence-corrected chi connectivity index (χ3v) is 3.70. The lowest BCUT2D eigenvalue weighted by atomic mass is 10.0. The van der Waals surface area contributed by atoms with Crippen LogP contribution in [0.3, 0.4) is 0 Å².